The van der Waals surface area contributed by atoms with Crippen LogP contribution < -0.4 is 5.32 Å². The molecule has 0 saturated carbocycles. The van der Waals surface area contributed by atoms with Crippen molar-refractivity contribution < 1.29 is 0 Å². The Morgan fingerprint density at radius 2 is 2.20 bits per heavy atom. The smallest absolute Gasteiger partial charge is 0.115 e. The highest BCUT2D eigenvalue weighted by Crippen LogP contribution is 2.21. The van der Waals surface area contributed by atoms with E-state index in [1.54, 1.807) is 23.9 Å². The van der Waals surface area contributed by atoms with Crippen LogP contribution in [0.1, 0.15) is 10.6 Å². The van der Waals surface area contributed by atoms with Gasteiger partial charge in [0.2, 0.25) is 0 Å². The first-order valence-corrected chi connectivity index (χ1v) is 6.15. The van der Waals surface area contributed by atoms with Crippen LogP contribution in [0, 0.1) is 0 Å². The molecular weight excluding hydrogens is 274 g/mol. The highest BCUT2D eigenvalue weighted by Gasteiger charge is 1.97. The Morgan fingerprint density at radius 1 is 1.27 bits per heavy atom. The number of thiophene rings is 1. The van der Waals surface area contributed by atoms with Crippen molar-refractivity contribution in [1.29, 1.82) is 0 Å². The molecule has 0 unspecified atom stereocenters. The summed E-state index contributed by atoms with van der Waals surface area (Å²) in [4.78, 5) is 9.32. The van der Waals surface area contributed by atoms with E-state index in [0.29, 0.717) is 0 Å². The Balaban J connectivity index is 1.80. The van der Waals surface area contributed by atoms with Crippen molar-refractivity contribution in [3.63, 3.8) is 0 Å². The van der Waals surface area contributed by atoms with E-state index in [9.17, 15) is 0 Å². The molecule has 0 aliphatic carbocycles. The molecule has 0 saturated heterocycles. The molecule has 2 aromatic rings. The van der Waals surface area contributed by atoms with Gasteiger partial charge in [-0.25, -0.2) is 9.97 Å². The Bertz CT molecular complexity index is 416. The predicted octanol–water partition coefficient (Wildman–Crippen LogP) is 2.59. The van der Waals surface area contributed by atoms with E-state index in [1.165, 1.54) is 8.66 Å². The van der Waals surface area contributed by atoms with Gasteiger partial charge in [0.05, 0.1) is 9.48 Å². The average Bonchev–Trinajstić information content (AvgIpc) is 2.66. The third-order valence-corrected chi connectivity index (χ3v) is 3.50. The lowest BCUT2D eigenvalue weighted by molar-refractivity contribution is 0.684. The summed E-state index contributed by atoms with van der Waals surface area (Å²) in [6, 6.07) is 6.09. The van der Waals surface area contributed by atoms with Gasteiger partial charge in [-0.15, -0.1) is 11.3 Å². The van der Waals surface area contributed by atoms with Gasteiger partial charge in [0, 0.05) is 24.2 Å². The SMILES string of the molecule is Brc1ccc(CNCc2ccncn2)s1. The van der Waals surface area contributed by atoms with Crippen LogP contribution >= 0.6 is 27.3 Å². The van der Waals surface area contributed by atoms with Gasteiger partial charge in [-0.1, -0.05) is 0 Å². The third kappa shape index (κ3) is 3.37. The van der Waals surface area contributed by atoms with Crippen molar-refractivity contribution >= 4 is 27.3 Å². The highest BCUT2D eigenvalue weighted by molar-refractivity contribution is 9.11. The second-order valence-corrected chi connectivity index (χ2v) is 5.56. The molecule has 2 rings (SSSR count). The molecule has 0 spiro atoms. The van der Waals surface area contributed by atoms with Gasteiger partial charge in [-0.2, -0.15) is 0 Å². The first-order chi connectivity index (χ1) is 7.34. The minimum Gasteiger partial charge on any atom is -0.306 e. The number of halogens is 1. The number of nitrogens with one attached hydrogen (secondary N) is 1. The Hall–Kier alpha value is -0.780. The molecule has 0 radical (unpaired) electrons. The van der Waals surface area contributed by atoms with Gasteiger partial charge in [-0.05, 0) is 34.1 Å². The van der Waals surface area contributed by atoms with E-state index in [-0.39, 0.29) is 0 Å². The summed E-state index contributed by atoms with van der Waals surface area (Å²) in [5, 5.41) is 3.33. The summed E-state index contributed by atoms with van der Waals surface area (Å²) in [6.07, 6.45) is 3.32. The predicted molar refractivity (Wildman–Crippen MR) is 64.6 cm³/mol. The zero-order valence-corrected chi connectivity index (χ0v) is 10.4. The molecule has 0 fully saturated rings. The lowest BCUT2D eigenvalue weighted by atomic mass is 10.4. The third-order valence-electron chi connectivity index (χ3n) is 1.88. The van der Waals surface area contributed by atoms with Gasteiger partial charge in [0.25, 0.3) is 0 Å². The summed E-state index contributed by atoms with van der Waals surface area (Å²) < 4.78 is 1.17. The largest absolute Gasteiger partial charge is 0.306 e. The van der Waals surface area contributed by atoms with Gasteiger partial charge < -0.3 is 5.32 Å². The van der Waals surface area contributed by atoms with E-state index in [0.717, 1.165) is 18.8 Å². The normalized spacial score (nSPS) is 10.5. The quantitative estimate of drug-likeness (QED) is 0.937. The van der Waals surface area contributed by atoms with Gasteiger partial charge in [0.1, 0.15) is 6.33 Å². The monoisotopic (exact) mass is 283 g/mol. The Kier molecular flexibility index (Phi) is 3.82. The van der Waals surface area contributed by atoms with Crippen molar-refractivity contribution in [2.45, 2.75) is 13.1 Å². The lowest BCUT2D eigenvalue weighted by Gasteiger charge is -2.01. The van der Waals surface area contributed by atoms with E-state index >= 15 is 0 Å². The molecule has 15 heavy (non-hydrogen) atoms. The van der Waals surface area contributed by atoms with E-state index in [4.69, 9.17) is 0 Å². The number of hydrogen-bond donors (Lipinski definition) is 1. The molecule has 0 amide bonds. The lowest BCUT2D eigenvalue weighted by Crippen LogP contribution is -2.12. The second kappa shape index (κ2) is 5.34. The van der Waals surface area contributed by atoms with Crippen molar-refractivity contribution in [2.24, 2.45) is 0 Å². The van der Waals surface area contributed by atoms with Crippen LogP contribution in [0.3, 0.4) is 0 Å². The fourth-order valence-electron chi connectivity index (χ4n) is 1.18. The molecule has 0 aromatic carbocycles. The van der Waals surface area contributed by atoms with Gasteiger partial charge >= 0.3 is 0 Å². The molecule has 2 heterocycles. The summed E-state index contributed by atoms with van der Waals surface area (Å²) >= 11 is 5.18. The number of nitrogens with zero attached hydrogens (tertiary/aromatic N) is 2. The van der Waals surface area contributed by atoms with Crippen molar-refractivity contribution in [2.75, 3.05) is 0 Å². The van der Waals surface area contributed by atoms with Crippen LogP contribution in [0.5, 0.6) is 0 Å². The molecule has 5 heteroatoms. The number of rotatable bonds is 4. The van der Waals surface area contributed by atoms with E-state index < -0.39 is 0 Å². The van der Waals surface area contributed by atoms with Crippen LogP contribution in [0.4, 0.5) is 0 Å². The maximum atomic E-state index is 4.14. The van der Waals surface area contributed by atoms with Crippen LogP contribution in [-0.2, 0) is 13.1 Å². The molecule has 0 aliphatic rings. The molecule has 78 valence electrons. The molecule has 0 bridgehead atoms. The van der Waals surface area contributed by atoms with Crippen molar-refractivity contribution in [3.8, 4) is 0 Å². The Morgan fingerprint density at radius 3 is 2.87 bits per heavy atom. The summed E-state index contributed by atoms with van der Waals surface area (Å²) in [5.74, 6) is 0. The zero-order valence-electron chi connectivity index (χ0n) is 7.98. The van der Waals surface area contributed by atoms with Gasteiger partial charge in [0.15, 0.2) is 0 Å². The topological polar surface area (TPSA) is 37.8 Å². The molecule has 1 N–H and O–H groups in total. The van der Waals surface area contributed by atoms with Gasteiger partial charge in [-0.3, -0.25) is 0 Å². The fraction of sp³-hybridized carbons (Fsp3) is 0.200. The average molecular weight is 284 g/mol. The molecule has 0 atom stereocenters. The number of hydrogen-bond acceptors (Lipinski definition) is 4. The van der Waals surface area contributed by atoms with Crippen LogP contribution in [0.15, 0.2) is 34.5 Å². The maximum Gasteiger partial charge on any atom is 0.115 e. The number of aromatic nitrogens is 2. The van der Waals surface area contributed by atoms with Crippen molar-refractivity contribution in [1.82, 2.24) is 15.3 Å². The summed E-state index contributed by atoms with van der Waals surface area (Å²) in [6.45, 7) is 1.65. The summed E-state index contributed by atoms with van der Waals surface area (Å²) in [7, 11) is 0. The Labute approximate surface area is 101 Å². The van der Waals surface area contributed by atoms with E-state index in [1.807, 2.05) is 6.07 Å². The molecular formula is C10H10BrN3S. The summed E-state index contributed by atoms with van der Waals surface area (Å²) in [5.41, 5.74) is 1.01. The second-order valence-electron chi connectivity index (χ2n) is 3.01. The molecule has 2 aromatic heterocycles. The van der Waals surface area contributed by atoms with Crippen LogP contribution in [-0.4, -0.2) is 9.97 Å². The first-order valence-electron chi connectivity index (χ1n) is 4.54. The zero-order chi connectivity index (χ0) is 10.5. The highest BCUT2D eigenvalue weighted by atomic mass is 79.9. The molecule has 0 aliphatic heterocycles. The maximum absolute atomic E-state index is 4.14. The van der Waals surface area contributed by atoms with Crippen LogP contribution in [0.2, 0.25) is 0 Å². The first kappa shape index (κ1) is 10.7. The minimum atomic E-state index is 0.776. The standard InChI is InChI=1S/C10H10BrN3S/c11-10-2-1-9(15-10)6-13-5-8-3-4-12-7-14-8/h1-4,7,13H,5-6H2. The van der Waals surface area contributed by atoms with Crippen molar-refractivity contribution in [3.05, 3.63) is 45.1 Å². The molecule has 3 nitrogen and oxygen atoms in total. The fourth-order valence-corrected chi connectivity index (χ4v) is 2.64. The van der Waals surface area contributed by atoms with E-state index in [2.05, 4.69) is 43.3 Å². The minimum absolute atomic E-state index is 0.776. The van der Waals surface area contributed by atoms with Crippen LogP contribution in [0.25, 0.3) is 0 Å².